The van der Waals surface area contributed by atoms with Gasteiger partial charge in [0.25, 0.3) is 0 Å². The van der Waals surface area contributed by atoms with E-state index >= 15 is 0 Å². The molecule has 0 radical (unpaired) electrons. The van der Waals surface area contributed by atoms with Gasteiger partial charge in [0.2, 0.25) is 5.88 Å². The lowest BCUT2D eigenvalue weighted by molar-refractivity contribution is -0.140. The number of rotatable bonds is 4. The summed E-state index contributed by atoms with van der Waals surface area (Å²) in [4.78, 5) is 12.8. The van der Waals surface area contributed by atoms with Gasteiger partial charge in [0.1, 0.15) is 35.6 Å². The van der Waals surface area contributed by atoms with Crippen LogP contribution in [0.2, 0.25) is 0 Å². The van der Waals surface area contributed by atoms with Crippen LogP contribution in [0.25, 0.3) is 0 Å². The Kier molecular flexibility index (Phi) is 5.41. The van der Waals surface area contributed by atoms with Crippen molar-refractivity contribution in [3.63, 3.8) is 0 Å². The second kappa shape index (κ2) is 7.92. The molecule has 1 aliphatic rings. The number of ether oxygens (including phenoxy) is 2. The van der Waals surface area contributed by atoms with Crippen molar-refractivity contribution >= 4 is 5.97 Å². The van der Waals surface area contributed by atoms with Crippen LogP contribution in [0.3, 0.4) is 0 Å². The van der Waals surface area contributed by atoms with Crippen molar-refractivity contribution in [3.05, 3.63) is 94.1 Å². The zero-order valence-electron chi connectivity index (χ0n) is 14.9. The average Bonchev–Trinajstić information content (AvgIpc) is 2.66. The van der Waals surface area contributed by atoms with Crippen molar-refractivity contribution in [1.82, 2.24) is 0 Å². The highest BCUT2D eigenvalue weighted by atomic mass is 19.1. The molecule has 3 rings (SSSR count). The molecule has 142 valence electrons. The smallest absolute Gasteiger partial charge is 0.338 e. The summed E-state index contributed by atoms with van der Waals surface area (Å²) >= 11 is 0. The molecule has 0 fully saturated rings. The van der Waals surface area contributed by atoms with Gasteiger partial charge in [0, 0.05) is 11.6 Å². The lowest BCUT2D eigenvalue weighted by Gasteiger charge is -2.27. The lowest BCUT2D eigenvalue weighted by Crippen LogP contribution is -2.26. The summed E-state index contributed by atoms with van der Waals surface area (Å²) in [7, 11) is 0. The number of nitrogens with zero attached hydrogens (tertiary/aromatic N) is 1. The fraction of sp³-hybridized carbons (Fsp3) is 0.143. The summed E-state index contributed by atoms with van der Waals surface area (Å²) < 4.78 is 38.4. The van der Waals surface area contributed by atoms with Crippen LogP contribution in [0, 0.1) is 23.0 Å². The second-order valence-electron chi connectivity index (χ2n) is 6.12. The number of allylic oxidation sites excluding steroid dienone is 2. The van der Waals surface area contributed by atoms with Crippen LogP contribution >= 0.6 is 0 Å². The van der Waals surface area contributed by atoms with Crippen molar-refractivity contribution in [2.45, 2.75) is 19.4 Å². The first-order valence-electron chi connectivity index (χ1n) is 8.36. The summed E-state index contributed by atoms with van der Waals surface area (Å²) in [5.74, 6) is -3.79. The van der Waals surface area contributed by atoms with E-state index in [9.17, 15) is 18.8 Å². The molecule has 2 aromatic rings. The molecule has 0 saturated carbocycles. The molecule has 1 atom stereocenters. The molecule has 5 nitrogen and oxygen atoms in total. The Bertz CT molecular complexity index is 1020. The van der Waals surface area contributed by atoms with E-state index in [2.05, 4.69) is 0 Å². The van der Waals surface area contributed by atoms with Gasteiger partial charge in [0.05, 0.1) is 11.5 Å². The van der Waals surface area contributed by atoms with Gasteiger partial charge in [-0.15, -0.1) is 0 Å². The zero-order valence-corrected chi connectivity index (χ0v) is 14.9. The van der Waals surface area contributed by atoms with Gasteiger partial charge in [-0.05, 0) is 18.6 Å². The normalized spacial score (nSPS) is 16.4. The van der Waals surface area contributed by atoms with Gasteiger partial charge in [-0.1, -0.05) is 36.4 Å². The van der Waals surface area contributed by atoms with Crippen LogP contribution in [0.1, 0.15) is 24.0 Å². The summed E-state index contributed by atoms with van der Waals surface area (Å²) in [6, 6.07) is 13.7. The van der Waals surface area contributed by atoms with E-state index in [4.69, 9.17) is 15.2 Å². The third kappa shape index (κ3) is 3.71. The van der Waals surface area contributed by atoms with Crippen LogP contribution in [0.4, 0.5) is 8.78 Å². The molecule has 0 aromatic heterocycles. The SMILES string of the molecule is CC1=C(C(=O)OCc2ccccc2)C(c2ccc(F)cc2F)C(C#N)=C(N)O1. The first-order chi connectivity index (χ1) is 13.4. The molecular formula is C21H16F2N2O3. The van der Waals surface area contributed by atoms with Crippen LogP contribution in [0.5, 0.6) is 0 Å². The maximum absolute atomic E-state index is 14.5. The number of nitrogens with two attached hydrogens (primary N) is 1. The molecule has 0 saturated heterocycles. The van der Waals surface area contributed by atoms with Gasteiger partial charge >= 0.3 is 5.97 Å². The highest BCUT2D eigenvalue weighted by Crippen LogP contribution is 2.40. The quantitative estimate of drug-likeness (QED) is 0.813. The predicted molar refractivity (Wildman–Crippen MR) is 95.9 cm³/mol. The number of carbonyl (C=O) groups excluding carboxylic acids is 1. The number of hydrogen-bond donors (Lipinski definition) is 1. The van der Waals surface area contributed by atoms with Gasteiger partial charge in [-0.2, -0.15) is 5.26 Å². The standard InChI is InChI=1S/C21H16F2N2O3/c1-12-18(21(26)27-11-13-5-3-2-4-6-13)19(16(10-24)20(25)28-12)15-8-7-14(22)9-17(15)23/h2-9,19H,11,25H2,1H3. The van der Waals surface area contributed by atoms with E-state index in [-0.39, 0.29) is 35.0 Å². The highest BCUT2D eigenvalue weighted by molar-refractivity contribution is 5.92. The van der Waals surface area contributed by atoms with Crippen molar-refractivity contribution < 1.29 is 23.0 Å². The molecular weight excluding hydrogens is 366 g/mol. The third-order valence-electron chi connectivity index (χ3n) is 4.31. The van der Waals surface area contributed by atoms with E-state index in [0.29, 0.717) is 6.07 Å². The topological polar surface area (TPSA) is 85.3 Å². The first-order valence-corrected chi connectivity index (χ1v) is 8.36. The summed E-state index contributed by atoms with van der Waals surface area (Å²) in [6.45, 7) is 1.45. The Morgan fingerprint density at radius 2 is 1.96 bits per heavy atom. The lowest BCUT2D eigenvalue weighted by atomic mass is 9.83. The molecule has 7 heteroatoms. The van der Waals surface area contributed by atoms with E-state index in [1.807, 2.05) is 12.1 Å². The van der Waals surface area contributed by atoms with Crippen molar-refractivity contribution in [1.29, 1.82) is 5.26 Å². The van der Waals surface area contributed by atoms with Crippen LogP contribution in [-0.2, 0) is 20.9 Å². The molecule has 0 spiro atoms. The molecule has 0 aliphatic carbocycles. The van der Waals surface area contributed by atoms with Crippen molar-refractivity contribution in [3.8, 4) is 6.07 Å². The fourth-order valence-electron chi connectivity index (χ4n) is 2.99. The molecule has 2 N–H and O–H groups in total. The van der Waals surface area contributed by atoms with Crippen LogP contribution in [-0.4, -0.2) is 5.97 Å². The monoisotopic (exact) mass is 382 g/mol. The zero-order chi connectivity index (χ0) is 20.3. The summed E-state index contributed by atoms with van der Waals surface area (Å²) in [6.07, 6.45) is 0. The fourth-order valence-corrected chi connectivity index (χ4v) is 2.99. The second-order valence-corrected chi connectivity index (χ2v) is 6.12. The van der Waals surface area contributed by atoms with E-state index in [1.54, 1.807) is 24.3 Å². The number of carbonyl (C=O) groups is 1. The third-order valence-corrected chi connectivity index (χ3v) is 4.31. The Balaban J connectivity index is 2.00. The molecule has 1 heterocycles. The Hall–Kier alpha value is -3.66. The Morgan fingerprint density at radius 1 is 1.25 bits per heavy atom. The molecule has 1 aliphatic heterocycles. The van der Waals surface area contributed by atoms with Crippen LogP contribution < -0.4 is 5.73 Å². The number of nitriles is 1. The largest absolute Gasteiger partial charge is 0.457 e. The molecule has 2 aromatic carbocycles. The average molecular weight is 382 g/mol. The number of esters is 1. The number of halogens is 2. The van der Waals surface area contributed by atoms with E-state index in [0.717, 1.165) is 11.6 Å². The summed E-state index contributed by atoms with van der Waals surface area (Å²) in [5, 5.41) is 9.49. The van der Waals surface area contributed by atoms with Gasteiger partial charge < -0.3 is 15.2 Å². The molecule has 28 heavy (non-hydrogen) atoms. The predicted octanol–water partition coefficient (Wildman–Crippen LogP) is 3.79. The minimum Gasteiger partial charge on any atom is -0.457 e. The maximum Gasteiger partial charge on any atom is 0.338 e. The summed E-state index contributed by atoms with van der Waals surface area (Å²) in [5.41, 5.74) is 6.24. The Labute approximate surface area is 160 Å². The molecule has 1 unspecified atom stereocenters. The first kappa shape index (κ1) is 19.1. The van der Waals surface area contributed by atoms with E-state index in [1.165, 1.54) is 13.0 Å². The van der Waals surface area contributed by atoms with Gasteiger partial charge in [-0.3, -0.25) is 0 Å². The van der Waals surface area contributed by atoms with Gasteiger partial charge in [0.15, 0.2) is 0 Å². The molecule has 0 amide bonds. The number of hydrogen-bond acceptors (Lipinski definition) is 5. The highest BCUT2D eigenvalue weighted by Gasteiger charge is 2.37. The Morgan fingerprint density at radius 3 is 2.61 bits per heavy atom. The van der Waals surface area contributed by atoms with Crippen LogP contribution in [0.15, 0.2) is 71.3 Å². The minimum atomic E-state index is -1.16. The van der Waals surface area contributed by atoms with Crippen molar-refractivity contribution in [2.24, 2.45) is 5.73 Å². The minimum absolute atomic E-state index is 0.0177. The van der Waals surface area contributed by atoms with E-state index < -0.39 is 23.5 Å². The number of benzene rings is 2. The van der Waals surface area contributed by atoms with Gasteiger partial charge in [-0.25, -0.2) is 13.6 Å². The molecule has 0 bridgehead atoms. The van der Waals surface area contributed by atoms with Crippen molar-refractivity contribution in [2.75, 3.05) is 0 Å². The maximum atomic E-state index is 14.5.